The van der Waals surface area contributed by atoms with Crippen molar-refractivity contribution in [3.63, 3.8) is 0 Å². The number of benzene rings is 2. The van der Waals surface area contributed by atoms with Gasteiger partial charge in [-0.3, -0.25) is 4.98 Å². The number of nitrogens with one attached hydrogen (secondary N) is 1. The van der Waals surface area contributed by atoms with E-state index in [1.54, 1.807) is 6.20 Å². The van der Waals surface area contributed by atoms with Gasteiger partial charge in [-0.25, -0.2) is 4.98 Å². The van der Waals surface area contributed by atoms with Crippen molar-refractivity contribution in [2.24, 2.45) is 0 Å². The minimum absolute atomic E-state index is 0.946. The molecule has 0 fully saturated rings. The Morgan fingerprint density at radius 1 is 0.769 bits per heavy atom. The molecule has 0 spiro atoms. The van der Waals surface area contributed by atoms with Gasteiger partial charge in [0.05, 0.1) is 16.7 Å². The molecule has 0 aliphatic rings. The van der Waals surface area contributed by atoms with Crippen molar-refractivity contribution >= 4 is 53.4 Å². The average molecular weight is 351 g/mol. The summed E-state index contributed by atoms with van der Waals surface area (Å²) in [7, 11) is 0. The summed E-state index contributed by atoms with van der Waals surface area (Å²) in [5.41, 5.74) is 5.19. The molecule has 4 heteroatoms. The predicted molar refractivity (Wildman–Crippen MR) is 110 cm³/mol. The van der Waals surface area contributed by atoms with Gasteiger partial charge < -0.3 is 4.98 Å². The van der Waals surface area contributed by atoms with E-state index >= 15 is 0 Å². The van der Waals surface area contributed by atoms with Gasteiger partial charge in [0.15, 0.2) is 0 Å². The van der Waals surface area contributed by atoms with Crippen molar-refractivity contribution in [1.29, 1.82) is 0 Å². The lowest BCUT2D eigenvalue weighted by molar-refractivity contribution is 1.30. The van der Waals surface area contributed by atoms with Gasteiger partial charge in [0, 0.05) is 49.0 Å². The molecular formula is C22H13N3S. The Morgan fingerprint density at radius 2 is 1.73 bits per heavy atom. The number of H-pyrrole nitrogens is 1. The lowest BCUT2D eigenvalue weighted by Gasteiger charge is -2.00. The summed E-state index contributed by atoms with van der Waals surface area (Å²) in [5.74, 6) is 0. The fraction of sp³-hybridized carbons (Fsp3) is 0. The Bertz CT molecular complexity index is 1430. The highest BCUT2D eigenvalue weighted by Gasteiger charge is 2.12. The third-order valence-corrected chi connectivity index (χ3v) is 6.03. The van der Waals surface area contributed by atoms with Crippen LogP contribution in [0.3, 0.4) is 0 Å². The van der Waals surface area contributed by atoms with Crippen LogP contribution in [0.15, 0.2) is 73.1 Å². The van der Waals surface area contributed by atoms with E-state index in [0.717, 1.165) is 27.8 Å². The minimum atomic E-state index is 0.946. The molecule has 2 aromatic carbocycles. The molecule has 4 heterocycles. The second kappa shape index (κ2) is 5.13. The molecule has 1 N–H and O–H groups in total. The molecular weight excluding hydrogens is 338 g/mol. The summed E-state index contributed by atoms with van der Waals surface area (Å²) in [6.07, 6.45) is 3.64. The normalized spacial score (nSPS) is 11.8. The van der Waals surface area contributed by atoms with Gasteiger partial charge in [-0.05, 0) is 42.5 Å². The number of nitrogens with zero attached hydrogens (tertiary/aromatic N) is 2. The maximum absolute atomic E-state index is 4.94. The van der Waals surface area contributed by atoms with Crippen molar-refractivity contribution in [2.75, 3.05) is 0 Å². The third kappa shape index (κ3) is 1.93. The van der Waals surface area contributed by atoms with E-state index in [-0.39, 0.29) is 0 Å². The molecule has 0 saturated carbocycles. The molecule has 0 unspecified atom stereocenters. The van der Waals surface area contributed by atoms with Gasteiger partial charge in [0.25, 0.3) is 0 Å². The predicted octanol–water partition coefficient (Wildman–Crippen LogP) is 6.15. The second-order valence-corrected chi connectivity index (χ2v) is 7.54. The van der Waals surface area contributed by atoms with E-state index in [1.165, 1.54) is 25.6 Å². The third-order valence-electron chi connectivity index (χ3n) is 4.89. The molecule has 0 bridgehead atoms. The molecule has 4 aromatic heterocycles. The van der Waals surface area contributed by atoms with E-state index in [1.807, 2.05) is 35.7 Å². The lowest BCUT2D eigenvalue weighted by Crippen LogP contribution is -1.84. The quantitative estimate of drug-likeness (QED) is 0.386. The highest BCUT2D eigenvalue weighted by atomic mass is 32.1. The highest BCUT2D eigenvalue weighted by Crippen LogP contribution is 2.38. The summed E-state index contributed by atoms with van der Waals surface area (Å²) in [5, 5.41) is 3.78. The van der Waals surface area contributed by atoms with Crippen LogP contribution in [-0.2, 0) is 0 Å². The van der Waals surface area contributed by atoms with Crippen LogP contribution in [0.1, 0.15) is 0 Å². The molecule has 0 amide bonds. The van der Waals surface area contributed by atoms with Gasteiger partial charge in [-0.1, -0.05) is 18.2 Å². The number of hydrogen-bond donors (Lipinski definition) is 1. The average Bonchev–Trinajstić information content (AvgIpc) is 3.23. The van der Waals surface area contributed by atoms with Crippen LogP contribution >= 0.6 is 11.3 Å². The molecule has 0 aliphatic carbocycles. The molecule has 0 aliphatic heterocycles. The summed E-state index contributed by atoms with van der Waals surface area (Å²) < 4.78 is 2.63. The van der Waals surface area contributed by atoms with Crippen LogP contribution in [-0.4, -0.2) is 15.0 Å². The Balaban J connectivity index is 1.70. The topological polar surface area (TPSA) is 41.6 Å². The molecule has 3 nitrogen and oxygen atoms in total. The Kier molecular flexibility index (Phi) is 2.76. The van der Waals surface area contributed by atoms with Gasteiger partial charge in [0.1, 0.15) is 0 Å². The summed E-state index contributed by atoms with van der Waals surface area (Å²) in [6, 6.07) is 21.3. The standard InChI is InChI=1S/C22H13N3S/c1-2-6-20-14(5-1)15-10-16-19(11-21(15)26-20)24-18-8-7-17(25-22(16)18)13-4-3-9-23-12-13/h1-12,24H. The van der Waals surface area contributed by atoms with Crippen LogP contribution in [0.2, 0.25) is 0 Å². The molecule has 6 rings (SSSR count). The van der Waals surface area contributed by atoms with Crippen molar-refractivity contribution in [3.05, 3.63) is 73.1 Å². The van der Waals surface area contributed by atoms with Gasteiger partial charge in [-0.15, -0.1) is 11.3 Å². The smallest absolute Gasteiger partial charge is 0.0965 e. The lowest BCUT2D eigenvalue weighted by atomic mass is 10.1. The molecule has 0 saturated heterocycles. The zero-order valence-electron chi connectivity index (χ0n) is 13.7. The molecule has 6 aromatic rings. The van der Waals surface area contributed by atoms with Crippen molar-refractivity contribution < 1.29 is 0 Å². The van der Waals surface area contributed by atoms with E-state index < -0.39 is 0 Å². The SMILES string of the molecule is c1cncc(-c2ccc3[nH]c4cc5sc6ccccc6c5cc4c3n2)c1. The maximum atomic E-state index is 4.94. The van der Waals surface area contributed by atoms with Crippen LogP contribution in [0, 0.1) is 0 Å². The Morgan fingerprint density at radius 3 is 2.65 bits per heavy atom. The maximum Gasteiger partial charge on any atom is 0.0965 e. The summed E-state index contributed by atoms with van der Waals surface area (Å²) >= 11 is 1.84. The zero-order valence-corrected chi connectivity index (χ0v) is 14.5. The second-order valence-electron chi connectivity index (χ2n) is 6.45. The van der Waals surface area contributed by atoms with Crippen LogP contribution in [0.4, 0.5) is 0 Å². The molecule has 0 radical (unpaired) electrons. The molecule has 0 atom stereocenters. The number of rotatable bonds is 1. The number of pyridine rings is 2. The van der Waals surface area contributed by atoms with Gasteiger partial charge in [0.2, 0.25) is 0 Å². The first-order valence-corrected chi connectivity index (χ1v) is 9.33. The fourth-order valence-electron chi connectivity index (χ4n) is 3.66. The van der Waals surface area contributed by atoms with Crippen molar-refractivity contribution in [1.82, 2.24) is 15.0 Å². The number of fused-ring (bicyclic) bond motifs is 6. The first-order valence-electron chi connectivity index (χ1n) is 8.51. The van der Waals surface area contributed by atoms with Crippen LogP contribution < -0.4 is 0 Å². The van der Waals surface area contributed by atoms with E-state index in [4.69, 9.17) is 4.98 Å². The highest BCUT2D eigenvalue weighted by molar-refractivity contribution is 7.25. The van der Waals surface area contributed by atoms with Gasteiger partial charge >= 0.3 is 0 Å². The van der Waals surface area contributed by atoms with Gasteiger partial charge in [-0.2, -0.15) is 0 Å². The molecule has 26 heavy (non-hydrogen) atoms. The largest absolute Gasteiger partial charge is 0.353 e. The van der Waals surface area contributed by atoms with Crippen LogP contribution in [0.25, 0.3) is 53.4 Å². The van der Waals surface area contributed by atoms with E-state index in [0.29, 0.717) is 0 Å². The minimum Gasteiger partial charge on any atom is -0.353 e. The summed E-state index contributed by atoms with van der Waals surface area (Å²) in [4.78, 5) is 12.7. The fourth-order valence-corrected chi connectivity index (χ4v) is 4.78. The number of aromatic nitrogens is 3. The first-order chi connectivity index (χ1) is 12.9. The zero-order chi connectivity index (χ0) is 17.1. The van der Waals surface area contributed by atoms with Crippen molar-refractivity contribution in [2.45, 2.75) is 0 Å². The number of thiophene rings is 1. The van der Waals surface area contributed by atoms with E-state index in [2.05, 4.69) is 52.4 Å². The monoisotopic (exact) mass is 351 g/mol. The van der Waals surface area contributed by atoms with Crippen molar-refractivity contribution in [3.8, 4) is 11.3 Å². The summed E-state index contributed by atoms with van der Waals surface area (Å²) in [6.45, 7) is 0. The van der Waals surface area contributed by atoms with Crippen LogP contribution in [0.5, 0.6) is 0 Å². The number of hydrogen-bond acceptors (Lipinski definition) is 3. The first kappa shape index (κ1) is 14.0. The Labute approximate surface area is 153 Å². The van der Waals surface area contributed by atoms with E-state index in [9.17, 15) is 0 Å². The Hall–Kier alpha value is -3.24. The number of aromatic amines is 1. The molecule has 122 valence electrons.